The van der Waals surface area contributed by atoms with Crippen LogP contribution in [0.25, 0.3) is 0 Å². The van der Waals surface area contributed by atoms with E-state index >= 15 is 0 Å². The van der Waals surface area contributed by atoms with Crippen LogP contribution in [0.2, 0.25) is 0 Å². The Morgan fingerprint density at radius 3 is 2.72 bits per heavy atom. The van der Waals surface area contributed by atoms with E-state index < -0.39 is 0 Å². The maximum Gasteiger partial charge on any atom is 0.320 e. The summed E-state index contributed by atoms with van der Waals surface area (Å²) < 4.78 is 5.25. The molecule has 0 aliphatic carbocycles. The van der Waals surface area contributed by atoms with E-state index in [-0.39, 0.29) is 6.03 Å². The number of nitrogens with zero attached hydrogens (tertiary/aromatic N) is 2. The Kier molecular flexibility index (Phi) is 3.50. The first-order valence-corrected chi connectivity index (χ1v) is 5.78. The molecule has 1 saturated heterocycles. The quantitative estimate of drug-likeness (QED) is 0.756. The molecule has 0 saturated carbocycles. The maximum absolute atomic E-state index is 11.8. The minimum absolute atomic E-state index is 0.00793. The van der Waals surface area contributed by atoms with E-state index in [1.54, 1.807) is 42.2 Å². The zero-order chi connectivity index (χ0) is 13.1. The first-order valence-electron chi connectivity index (χ1n) is 5.78. The van der Waals surface area contributed by atoms with E-state index in [9.17, 15) is 9.59 Å². The lowest BCUT2D eigenvalue weighted by atomic mass is 10.1. The lowest BCUT2D eigenvalue weighted by Gasteiger charge is -2.18. The summed E-state index contributed by atoms with van der Waals surface area (Å²) in [5, 5.41) is 0. The third-order valence-corrected chi connectivity index (χ3v) is 3.10. The number of hydrogen-bond donors (Lipinski definition) is 0. The van der Waals surface area contributed by atoms with Crippen molar-refractivity contribution in [3.05, 3.63) is 29.3 Å². The second-order valence-electron chi connectivity index (χ2n) is 4.31. The molecule has 1 aromatic carbocycles. The second kappa shape index (κ2) is 5.08. The fourth-order valence-corrected chi connectivity index (χ4v) is 2.05. The van der Waals surface area contributed by atoms with Crippen LogP contribution < -0.4 is 4.74 Å². The average Bonchev–Trinajstić information content (AvgIpc) is 2.70. The van der Waals surface area contributed by atoms with Gasteiger partial charge in [-0.2, -0.15) is 0 Å². The topological polar surface area (TPSA) is 49.9 Å². The summed E-state index contributed by atoms with van der Waals surface area (Å²) in [6.07, 6.45) is 0.793. The van der Waals surface area contributed by atoms with Gasteiger partial charge in [-0.25, -0.2) is 4.79 Å². The van der Waals surface area contributed by atoms with Crippen LogP contribution in [0, 0.1) is 0 Å². The van der Waals surface area contributed by atoms with Gasteiger partial charge in [-0.3, -0.25) is 4.79 Å². The number of benzene rings is 1. The number of aldehydes is 1. The summed E-state index contributed by atoms with van der Waals surface area (Å²) in [5.41, 5.74) is 1.44. The summed E-state index contributed by atoms with van der Waals surface area (Å²) >= 11 is 0. The van der Waals surface area contributed by atoms with Gasteiger partial charge < -0.3 is 14.5 Å². The Labute approximate surface area is 106 Å². The molecular formula is C13H16N2O3. The number of rotatable bonds is 4. The third kappa shape index (κ3) is 2.30. The summed E-state index contributed by atoms with van der Waals surface area (Å²) in [6.45, 7) is 1.90. The average molecular weight is 248 g/mol. The van der Waals surface area contributed by atoms with Crippen molar-refractivity contribution in [2.75, 3.05) is 27.2 Å². The van der Waals surface area contributed by atoms with Gasteiger partial charge in [-0.05, 0) is 18.2 Å². The molecule has 1 aromatic rings. The standard InChI is InChI=1S/C13H16N2O3/c1-14-5-6-15(13(14)17)8-11-7-10(9-16)3-4-12(11)18-2/h3-4,7,9H,5-6,8H2,1-2H3. The van der Waals surface area contributed by atoms with Gasteiger partial charge in [0.2, 0.25) is 0 Å². The van der Waals surface area contributed by atoms with Gasteiger partial charge in [0.05, 0.1) is 13.7 Å². The van der Waals surface area contributed by atoms with E-state index in [0.29, 0.717) is 24.4 Å². The van der Waals surface area contributed by atoms with Gasteiger partial charge in [0.15, 0.2) is 0 Å². The lowest BCUT2D eigenvalue weighted by Crippen LogP contribution is -2.29. The molecule has 0 spiro atoms. The Morgan fingerprint density at radius 1 is 1.39 bits per heavy atom. The van der Waals surface area contributed by atoms with Crippen molar-refractivity contribution in [3.63, 3.8) is 0 Å². The van der Waals surface area contributed by atoms with Crippen LogP contribution in [0.15, 0.2) is 18.2 Å². The molecule has 2 amide bonds. The molecule has 0 atom stereocenters. The zero-order valence-corrected chi connectivity index (χ0v) is 10.5. The van der Waals surface area contributed by atoms with Crippen LogP contribution >= 0.6 is 0 Å². The van der Waals surface area contributed by atoms with Crippen molar-refractivity contribution in [1.29, 1.82) is 0 Å². The van der Waals surface area contributed by atoms with Crippen molar-refractivity contribution in [2.45, 2.75) is 6.54 Å². The Balaban J connectivity index is 2.22. The number of carbonyl (C=O) groups excluding carboxylic acids is 2. The molecule has 0 aromatic heterocycles. The van der Waals surface area contributed by atoms with Gasteiger partial charge in [0.1, 0.15) is 12.0 Å². The van der Waals surface area contributed by atoms with Gasteiger partial charge in [0.25, 0.3) is 0 Å². The van der Waals surface area contributed by atoms with Crippen LogP contribution in [-0.2, 0) is 6.54 Å². The van der Waals surface area contributed by atoms with Gasteiger partial charge in [-0.15, -0.1) is 0 Å². The number of ether oxygens (including phenoxy) is 1. The second-order valence-corrected chi connectivity index (χ2v) is 4.31. The highest BCUT2D eigenvalue weighted by Gasteiger charge is 2.25. The molecule has 18 heavy (non-hydrogen) atoms. The fraction of sp³-hybridized carbons (Fsp3) is 0.385. The molecule has 0 radical (unpaired) electrons. The predicted molar refractivity (Wildman–Crippen MR) is 66.8 cm³/mol. The highest BCUT2D eigenvalue weighted by atomic mass is 16.5. The Bertz CT molecular complexity index is 473. The zero-order valence-electron chi connectivity index (χ0n) is 10.5. The first-order chi connectivity index (χ1) is 8.65. The van der Waals surface area contributed by atoms with E-state index in [1.165, 1.54) is 0 Å². The molecule has 1 aliphatic heterocycles. The molecule has 1 heterocycles. The van der Waals surface area contributed by atoms with E-state index in [0.717, 1.165) is 18.4 Å². The smallest absolute Gasteiger partial charge is 0.320 e. The molecule has 1 aliphatic rings. The molecule has 5 nitrogen and oxygen atoms in total. The SMILES string of the molecule is COc1ccc(C=O)cc1CN1CCN(C)C1=O. The van der Waals surface area contributed by atoms with E-state index in [2.05, 4.69) is 0 Å². The number of likely N-dealkylation sites (N-methyl/N-ethyl adjacent to an activating group) is 1. The van der Waals surface area contributed by atoms with Crippen LogP contribution in [0.1, 0.15) is 15.9 Å². The van der Waals surface area contributed by atoms with Crippen LogP contribution in [-0.4, -0.2) is 49.4 Å². The summed E-state index contributed by atoms with van der Waals surface area (Å²) in [7, 11) is 3.36. The van der Waals surface area contributed by atoms with Crippen molar-refractivity contribution < 1.29 is 14.3 Å². The highest BCUT2D eigenvalue weighted by Crippen LogP contribution is 2.22. The molecule has 5 heteroatoms. The minimum atomic E-state index is 0.00793. The van der Waals surface area contributed by atoms with Crippen molar-refractivity contribution in [1.82, 2.24) is 9.80 Å². The molecule has 0 N–H and O–H groups in total. The number of amides is 2. The van der Waals surface area contributed by atoms with E-state index in [4.69, 9.17) is 4.74 Å². The van der Waals surface area contributed by atoms with Crippen LogP contribution in [0.4, 0.5) is 4.79 Å². The fourth-order valence-electron chi connectivity index (χ4n) is 2.05. The maximum atomic E-state index is 11.8. The molecular weight excluding hydrogens is 232 g/mol. The normalized spacial score (nSPS) is 15.1. The number of urea groups is 1. The Hall–Kier alpha value is -2.04. The third-order valence-electron chi connectivity index (χ3n) is 3.10. The number of carbonyl (C=O) groups is 2. The van der Waals surface area contributed by atoms with Crippen LogP contribution in [0.3, 0.4) is 0 Å². The predicted octanol–water partition coefficient (Wildman–Crippen LogP) is 1.38. The van der Waals surface area contributed by atoms with E-state index in [1.807, 2.05) is 0 Å². The minimum Gasteiger partial charge on any atom is -0.496 e. The van der Waals surface area contributed by atoms with Crippen molar-refractivity contribution in [3.8, 4) is 5.75 Å². The summed E-state index contributed by atoms with van der Waals surface area (Å²) in [4.78, 5) is 26.0. The molecule has 0 unspecified atom stereocenters. The number of methoxy groups -OCH3 is 1. The van der Waals surface area contributed by atoms with Gasteiger partial charge in [0, 0.05) is 31.3 Å². The molecule has 96 valence electrons. The molecule has 0 bridgehead atoms. The summed E-state index contributed by atoms with van der Waals surface area (Å²) in [5.74, 6) is 0.697. The van der Waals surface area contributed by atoms with Crippen molar-refractivity contribution >= 4 is 12.3 Å². The number of hydrogen-bond acceptors (Lipinski definition) is 3. The van der Waals surface area contributed by atoms with Gasteiger partial charge in [-0.1, -0.05) is 0 Å². The van der Waals surface area contributed by atoms with Crippen LogP contribution in [0.5, 0.6) is 5.75 Å². The highest BCUT2D eigenvalue weighted by molar-refractivity contribution is 5.77. The van der Waals surface area contributed by atoms with Gasteiger partial charge >= 0.3 is 6.03 Å². The molecule has 1 fully saturated rings. The summed E-state index contributed by atoms with van der Waals surface area (Å²) in [6, 6.07) is 5.22. The largest absolute Gasteiger partial charge is 0.496 e. The molecule has 2 rings (SSSR count). The lowest BCUT2D eigenvalue weighted by molar-refractivity contribution is 0.112. The first kappa shape index (κ1) is 12.4. The Morgan fingerprint density at radius 2 is 2.17 bits per heavy atom. The van der Waals surface area contributed by atoms with Crippen molar-refractivity contribution in [2.24, 2.45) is 0 Å². The monoisotopic (exact) mass is 248 g/mol.